The van der Waals surface area contributed by atoms with Crippen molar-refractivity contribution in [2.45, 2.75) is 26.1 Å². The molecule has 3 nitrogen and oxygen atoms in total. The summed E-state index contributed by atoms with van der Waals surface area (Å²) in [6.45, 7) is 2.04. The quantitative estimate of drug-likeness (QED) is 0.807. The molecule has 0 radical (unpaired) electrons. The molecule has 0 aliphatic carbocycles. The normalized spacial score (nSPS) is 13.2. The maximum atomic E-state index is 11.9. The fourth-order valence-electron chi connectivity index (χ4n) is 1.44. The first-order valence-corrected chi connectivity index (χ1v) is 5.12. The Balaban J connectivity index is 2.68. The molecule has 0 saturated heterocycles. The molecule has 0 fully saturated rings. The summed E-state index contributed by atoms with van der Waals surface area (Å²) in [5, 5.41) is 1.86. The van der Waals surface area contributed by atoms with Crippen LogP contribution in [0.25, 0.3) is 0 Å². The van der Waals surface area contributed by atoms with Crippen molar-refractivity contribution in [3.05, 3.63) is 30.1 Å². The van der Waals surface area contributed by atoms with Crippen LogP contribution in [-0.4, -0.2) is 18.6 Å². The van der Waals surface area contributed by atoms with Crippen LogP contribution in [-0.2, 0) is 4.79 Å². The zero-order valence-electron chi connectivity index (χ0n) is 9.58. The van der Waals surface area contributed by atoms with E-state index in [1.54, 1.807) is 42.8 Å². The van der Waals surface area contributed by atoms with Crippen molar-refractivity contribution in [1.82, 2.24) is 5.32 Å². The summed E-state index contributed by atoms with van der Waals surface area (Å²) in [5.41, 5.74) is 0.808. The lowest BCUT2D eigenvalue weighted by Gasteiger charge is -2.11. The van der Waals surface area contributed by atoms with Crippen molar-refractivity contribution >= 4 is 5.91 Å². The highest BCUT2D eigenvalue weighted by atomic mass is 19.4. The summed E-state index contributed by atoms with van der Waals surface area (Å²) in [4.78, 5) is 11.5. The summed E-state index contributed by atoms with van der Waals surface area (Å²) >= 11 is 0. The van der Waals surface area contributed by atoms with Crippen LogP contribution in [0.4, 0.5) is 13.2 Å². The van der Waals surface area contributed by atoms with Crippen LogP contribution in [0.5, 0.6) is 0 Å². The van der Waals surface area contributed by atoms with Gasteiger partial charge in [-0.3, -0.25) is 4.79 Å². The molecular weight excluding hydrogens is 233 g/mol. The molecule has 0 saturated carbocycles. The van der Waals surface area contributed by atoms with Crippen molar-refractivity contribution in [3.63, 3.8) is 0 Å². The highest BCUT2D eigenvalue weighted by molar-refractivity contribution is 5.78. The lowest BCUT2D eigenvalue weighted by atomic mass is 10.2. The molecular formula is C11H14F3N2O+. The molecule has 1 aromatic heterocycles. The number of nitrogens with one attached hydrogen (secondary N) is 1. The molecule has 1 rings (SSSR count). The molecule has 1 N–H and O–H groups in total. The van der Waals surface area contributed by atoms with Crippen LogP contribution in [0.1, 0.15) is 18.7 Å². The number of halogens is 3. The second-order valence-electron chi connectivity index (χ2n) is 3.76. The molecule has 1 amide bonds. The van der Waals surface area contributed by atoms with Gasteiger partial charge in [-0.2, -0.15) is 17.7 Å². The number of pyridine rings is 1. The highest BCUT2D eigenvalue weighted by Crippen LogP contribution is 2.12. The van der Waals surface area contributed by atoms with Gasteiger partial charge in [0.1, 0.15) is 6.54 Å². The number of aromatic nitrogens is 1. The lowest BCUT2D eigenvalue weighted by Crippen LogP contribution is -2.49. The Hall–Kier alpha value is -1.59. The Morgan fingerprint density at radius 1 is 1.47 bits per heavy atom. The minimum Gasteiger partial charge on any atom is -0.341 e. The van der Waals surface area contributed by atoms with Gasteiger partial charge in [0, 0.05) is 26.0 Å². The number of nitrogens with zero attached hydrogens (tertiary/aromatic N) is 1. The van der Waals surface area contributed by atoms with Gasteiger partial charge in [0.25, 0.3) is 5.91 Å². The Morgan fingerprint density at radius 2 is 2.12 bits per heavy atom. The maximum Gasteiger partial charge on any atom is 0.405 e. The average Bonchev–Trinajstić information content (AvgIpc) is 2.24. The number of carbonyl (C=O) groups excluding carboxylic acids is 1. The number of rotatable bonds is 3. The highest BCUT2D eigenvalue weighted by Gasteiger charge is 2.31. The van der Waals surface area contributed by atoms with Gasteiger partial charge in [-0.05, 0) is 0 Å². The van der Waals surface area contributed by atoms with E-state index in [2.05, 4.69) is 0 Å². The van der Waals surface area contributed by atoms with Crippen molar-refractivity contribution in [1.29, 1.82) is 0 Å². The van der Waals surface area contributed by atoms with Crippen LogP contribution < -0.4 is 9.88 Å². The van der Waals surface area contributed by atoms with Gasteiger partial charge < -0.3 is 5.32 Å². The van der Waals surface area contributed by atoms with E-state index < -0.39 is 24.7 Å². The summed E-state index contributed by atoms with van der Waals surface area (Å²) in [7, 11) is 0. The third-order valence-corrected chi connectivity index (χ3v) is 2.36. The maximum absolute atomic E-state index is 11.9. The second-order valence-corrected chi connectivity index (χ2v) is 3.76. The zero-order chi connectivity index (χ0) is 13.1. The van der Waals surface area contributed by atoms with Gasteiger partial charge in [0.05, 0.1) is 0 Å². The Labute approximate surface area is 97.3 Å². The first-order valence-electron chi connectivity index (χ1n) is 5.12. The van der Waals surface area contributed by atoms with Gasteiger partial charge in [-0.25, -0.2) is 0 Å². The predicted octanol–water partition coefficient (Wildman–Crippen LogP) is 1.52. The molecule has 0 spiro atoms. The van der Waals surface area contributed by atoms with Gasteiger partial charge in [-0.1, -0.05) is 6.07 Å². The topological polar surface area (TPSA) is 33.0 Å². The molecule has 17 heavy (non-hydrogen) atoms. The third kappa shape index (κ3) is 4.05. The number of amides is 1. The van der Waals surface area contributed by atoms with E-state index in [-0.39, 0.29) is 0 Å². The number of aryl methyl sites for hydroxylation is 1. The van der Waals surface area contributed by atoms with Crippen molar-refractivity contribution < 1.29 is 22.5 Å². The fourth-order valence-corrected chi connectivity index (χ4v) is 1.44. The van der Waals surface area contributed by atoms with Gasteiger partial charge in [0.2, 0.25) is 6.04 Å². The molecule has 0 bridgehead atoms. The van der Waals surface area contributed by atoms with Crippen LogP contribution in [0, 0.1) is 6.92 Å². The summed E-state index contributed by atoms with van der Waals surface area (Å²) in [6, 6.07) is 4.64. The minimum absolute atomic E-state index is 0.651. The SMILES string of the molecule is Cc1cccc[n+]1[C@@H](C)C(=O)NCC(F)(F)F. The summed E-state index contributed by atoms with van der Waals surface area (Å²) < 4.78 is 37.4. The van der Waals surface area contributed by atoms with E-state index in [1.165, 1.54) is 0 Å². The molecule has 94 valence electrons. The van der Waals surface area contributed by atoms with Crippen molar-refractivity contribution in [3.8, 4) is 0 Å². The molecule has 1 aromatic rings. The minimum atomic E-state index is -4.38. The van der Waals surface area contributed by atoms with E-state index >= 15 is 0 Å². The molecule has 0 unspecified atom stereocenters. The first-order chi connectivity index (χ1) is 7.81. The van der Waals surface area contributed by atoms with Crippen molar-refractivity contribution in [2.75, 3.05) is 6.54 Å². The van der Waals surface area contributed by atoms with Crippen LogP contribution in [0.15, 0.2) is 24.4 Å². The van der Waals surface area contributed by atoms with Crippen LogP contribution in [0.3, 0.4) is 0 Å². The number of alkyl halides is 3. The molecule has 6 heteroatoms. The number of hydrogen-bond donors (Lipinski definition) is 1. The third-order valence-electron chi connectivity index (χ3n) is 2.36. The Kier molecular flexibility index (Phi) is 4.09. The van der Waals surface area contributed by atoms with E-state index in [0.29, 0.717) is 0 Å². The van der Waals surface area contributed by atoms with Crippen molar-refractivity contribution in [2.24, 2.45) is 0 Å². The Bertz CT molecular complexity index is 404. The monoisotopic (exact) mass is 247 g/mol. The fraction of sp³-hybridized carbons (Fsp3) is 0.455. The zero-order valence-corrected chi connectivity index (χ0v) is 9.58. The smallest absolute Gasteiger partial charge is 0.341 e. The summed E-state index contributed by atoms with van der Waals surface area (Å²) in [5.74, 6) is -0.651. The van der Waals surface area contributed by atoms with E-state index in [1.807, 2.05) is 5.32 Å². The van der Waals surface area contributed by atoms with E-state index in [9.17, 15) is 18.0 Å². The average molecular weight is 247 g/mol. The van der Waals surface area contributed by atoms with E-state index in [4.69, 9.17) is 0 Å². The predicted molar refractivity (Wildman–Crippen MR) is 55.1 cm³/mol. The largest absolute Gasteiger partial charge is 0.405 e. The van der Waals surface area contributed by atoms with Gasteiger partial charge in [0.15, 0.2) is 11.9 Å². The van der Waals surface area contributed by atoms with Gasteiger partial charge >= 0.3 is 6.18 Å². The van der Waals surface area contributed by atoms with E-state index in [0.717, 1.165) is 5.69 Å². The summed E-state index contributed by atoms with van der Waals surface area (Å²) in [6.07, 6.45) is -2.72. The second kappa shape index (κ2) is 5.16. The van der Waals surface area contributed by atoms with Crippen LogP contribution >= 0.6 is 0 Å². The number of hydrogen-bond acceptors (Lipinski definition) is 1. The van der Waals surface area contributed by atoms with Crippen LogP contribution in [0.2, 0.25) is 0 Å². The van der Waals surface area contributed by atoms with Gasteiger partial charge in [-0.15, -0.1) is 0 Å². The molecule has 0 aliphatic heterocycles. The first kappa shape index (κ1) is 13.5. The molecule has 0 aromatic carbocycles. The lowest BCUT2D eigenvalue weighted by molar-refractivity contribution is -0.711. The molecule has 0 aliphatic rings. The number of carbonyl (C=O) groups is 1. The molecule has 1 atom stereocenters. The Morgan fingerprint density at radius 3 is 2.65 bits per heavy atom. The standard InChI is InChI=1S/C11H13F3N2O/c1-8-5-3-4-6-16(8)9(2)10(17)15-7-11(12,13)14/h3-6,9H,7H2,1-2H3/p+1/t9-/m0/s1. The molecule has 1 heterocycles.